The molecule has 2 aliphatic heterocycles. The minimum Gasteiger partial charge on any atom is -0.457 e. The third kappa shape index (κ3) is 4.19. The first kappa shape index (κ1) is 19.3. The molecule has 0 bridgehead atoms. The van der Waals surface area contributed by atoms with Crippen molar-refractivity contribution < 1.29 is 26.3 Å². The van der Waals surface area contributed by atoms with Crippen molar-refractivity contribution in [1.29, 1.82) is 0 Å². The average Bonchev–Trinajstić information content (AvgIpc) is 2.67. The zero-order valence-corrected chi connectivity index (χ0v) is 15.7. The number of hydrogen-bond donors (Lipinski definition) is 0. The minimum atomic E-state index is -4.44. The fourth-order valence-electron chi connectivity index (χ4n) is 3.06. The van der Waals surface area contributed by atoms with E-state index in [2.05, 4.69) is 4.40 Å². The maximum absolute atomic E-state index is 12.8. The van der Waals surface area contributed by atoms with Gasteiger partial charge in [0.2, 0.25) is 0 Å². The summed E-state index contributed by atoms with van der Waals surface area (Å²) in [6.45, 7) is 0.291. The van der Waals surface area contributed by atoms with E-state index in [4.69, 9.17) is 4.74 Å². The zero-order valence-electron chi connectivity index (χ0n) is 14.9. The summed E-state index contributed by atoms with van der Waals surface area (Å²) in [5, 5.41) is 0. The van der Waals surface area contributed by atoms with Gasteiger partial charge in [-0.25, -0.2) is 8.42 Å². The van der Waals surface area contributed by atoms with Crippen LogP contribution < -0.4 is 4.74 Å². The highest BCUT2D eigenvalue weighted by Gasteiger charge is 2.30. The molecule has 29 heavy (non-hydrogen) atoms. The van der Waals surface area contributed by atoms with Gasteiger partial charge in [-0.2, -0.15) is 13.2 Å². The summed E-state index contributed by atoms with van der Waals surface area (Å²) in [5.74, 6) is 0.759. The standard InChI is InChI=1S/C20H15F3N2O3S/c21-20(22,23)15-3-1-4-17(13-15)28-16-9-7-14(8-10-16)18-5-2-6-19-24-29(26,27)12-11-25(18)19/h1-10,13H,11-12H2. The van der Waals surface area contributed by atoms with Crippen LogP contribution in [-0.2, 0) is 16.2 Å². The number of amidine groups is 1. The number of fused-ring (bicyclic) bond motifs is 1. The van der Waals surface area contributed by atoms with Gasteiger partial charge < -0.3 is 9.64 Å². The first-order valence-corrected chi connectivity index (χ1v) is 10.3. The summed E-state index contributed by atoms with van der Waals surface area (Å²) >= 11 is 0. The number of alkyl halides is 3. The molecule has 4 rings (SSSR count). The van der Waals surface area contributed by atoms with Crippen molar-refractivity contribution in [2.24, 2.45) is 4.40 Å². The second kappa shape index (κ2) is 7.07. The zero-order chi connectivity index (χ0) is 20.6. The van der Waals surface area contributed by atoms with Crippen molar-refractivity contribution in [1.82, 2.24) is 4.90 Å². The third-order valence-electron chi connectivity index (χ3n) is 4.42. The molecular formula is C20H15F3N2O3S. The van der Waals surface area contributed by atoms with Gasteiger partial charge in [0.15, 0.2) is 0 Å². The fraction of sp³-hybridized carbons (Fsp3) is 0.150. The molecule has 0 aliphatic carbocycles. The molecule has 0 radical (unpaired) electrons. The predicted octanol–water partition coefficient (Wildman–Crippen LogP) is 4.45. The Kier molecular flexibility index (Phi) is 4.70. The van der Waals surface area contributed by atoms with E-state index in [1.54, 1.807) is 36.4 Å². The van der Waals surface area contributed by atoms with Gasteiger partial charge in [0, 0.05) is 12.2 Å². The van der Waals surface area contributed by atoms with E-state index in [0.717, 1.165) is 23.4 Å². The summed E-state index contributed by atoms with van der Waals surface area (Å²) in [7, 11) is -3.45. The van der Waals surface area contributed by atoms with Gasteiger partial charge in [-0.3, -0.25) is 0 Å². The molecular weight excluding hydrogens is 405 g/mol. The van der Waals surface area contributed by atoms with Crippen LogP contribution in [0.4, 0.5) is 13.2 Å². The lowest BCUT2D eigenvalue weighted by Crippen LogP contribution is -2.38. The first-order valence-electron chi connectivity index (χ1n) is 8.65. The molecule has 2 aromatic rings. The van der Waals surface area contributed by atoms with Crippen LogP contribution in [-0.4, -0.2) is 31.5 Å². The van der Waals surface area contributed by atoms with Crippen LogP contribution in [0.15, 0.2) is 71.2 Å². The van der Waals surface area contributed by atoms with Crippen molar-refractivity contribution in [3.05, 3.63) is 77.9 Å². The Labute approximate surface area is 165 Å². The van der Waals surface area contributed by atoms with Gasteiger partial charge in [0.25, 0.3) is 10.0 Å². The van der Waals surface area contributed by atoms with Gasteiger partial charge in [-0.1, -0.05) is 12.1 Å². The van der Waals surface area contributed by atoms with Gasteiger partial charge in [0.1, 0.15) is 17.3 Å². The lowest BCUT2D eigenvalue weighted by molar-refractivity contribution is -0.137. The Hall–Kier alpha value is -3.07. The number of sulfonamides is 1. The van der Waals surface area contributed by atoms with Crippen LogP contribution in [0.5, 0.6) is 11.5 Å². The monoisotopic (exact) mass is 420 g/mol. The fourth-order valence-corrected chi connectivity index (χ4v) is 4.00. The number of nitrogens with zero attached hydrogens (tertiary/aromatic N) is 2. The lowest BCUT2D eigenvalue weighted by Gasteiger charge is -2.31. The van der Waals surface area contributed by atoms with Gasteiger partial charge in [0.05, 0.1) is 11.3 Å². The molecule has 0 aromatic heterocycles. The van der Waals surface area contributed by atoms with E-state index in [-0.39, 0.29) is 11.5 Å². The predicted molar refractivity (Wildman–Crippen MR) is 103 cm³/mol. The second-order valence-electron chi connectivity index (χ2n) is 6.45. The number of hydrogen-bond acceptors (Lipinski definition) is 4. The summed E-state index contributed by atoms with van der Waals surface area (Å²) in [4.78, 5) is 1.81. The van der Waals surface area contributed by atoms with Crippen LogP contribution in [0.25, 0.3) is 5.70 Å². The van der Waals surface area contributed by atoms with Gasteiger partial charge >= 0.3 is 6.18 Å². The van der Waals surface area contributed by atoms with Crippen molar-refractivity contribution in [3.63, 3.8) is 0 Å². The molecule has 0 fully saturated rings. The SMILES string of the molecule is O=S1(=O)CCN2C(c3ccc(Oc4cccc(C(F)(F)F)c4)cc3)=CC=CC2=N1. The first-order chi connectivity index (χ1) is 13.7. The van der Waals surface area contributed by atoms with Gasteiger partial charge in [-0.15, -0.1) is 4.40 Å². The summed E-state index contributed by atoms with van der Waals surface area (Å²) in [5.41, 5.74) is 0.808. The van der Waals surface area contributed by atoms with Crippen molar-refractivity contribution in [2.45, 2.75) is 6.18 Å². The van der Waals surface area contributed by atoms with E-state index in [1.165, 1.54) is 12.1 Å². The van der Waals surface area contributed by atoms with Crippen LogP contribution in [0.3, 0.4) is 0 Å². The molecule has 0 amide bonds. The van der Waals surface area contributed by atoms with Crippen molar-refractivity contribution >= 4 is 21.6 Å². The third-order valence-corrected chi connectivity index (χ3v) is 5.58. The summed E-state index contributed by atoms with van der Waals surface area (Å²) in [6, 6.07) is 11.5. The molecule has 0 unspecified atom stereocenters. The molecule has 0 spiro atoms. The topological polar surface area (TPSA) is 59.0 Å². The molecule has 2 aromatic carbocycles. The Morgan fingerprint density at radius 2 is 1.79 bits per heavy atom. The van der Waals surface area contributed by atoms with E-state index in [1.807, 2.05) is 11.0 Å². The smallest absolute Gasteiger partial charge is 0.416 e. The van der Waals surface area contributed by atoms with Gasteiger partial charge in [-0.05, 0) is 60.2 Å². The lowest BCUT2D eigenvalue weighted by atomic mass is 10.1. The number of rotatable bonds is 3. The van der Waals surface area contributed by atoms with Crippen LogP contribution in [0.2, 0.25) is 0 Å². The quantitative estimate of drug-likeness (QED) is 0.736. The number of halogens is 3. The highest BCUT2D eigenvalue weighted by atomic mass is 32.2. The largest absolute Gasteiger partial charge is 0.457 e. The van der Waals surface area contributed by atoms with E-state index in [0.29, 0.717) is 18.1 Å². The van der Waals surface area contributed by atoms with E-state index in [9.17, 15) is 21.6 Å². The number of allylic oxidation sites excluding steroid dienone is 2. The summed E-state index contributed by atoms with van der Waals surface area (Å²) in [6.07, 6.45) is 0.759. The molecule has 0 saturated heterocycles. The summed E-state index contributed by atoms with van der Waals surface area (Å²) < 4.78 is 71.2. The van der Waals surface area contributed by atoms with Crippen LogP contribution >= 0.6 is 0 Å². The maximum atomic E-state index is 12.8. The Morgan fingerprint density at radius 3 is 2.52 bits per heavy atom. The second-order valence-corrected chi connectivity index (χ2v) is 8.20. The highest BCUT2D eigenvalue weighted by molar-refractivity contribution is 7.90. The van der Waals surface area contributed by atoms with E-state index < -0.39 is 21.8 Å². The molecule has 2 aliphatic rings. The van der Waals surface area contributed by atoms with E-state index >= 15 is 0 Å². The minimum absolute atomic E-state index is 0.0710. The van der Waals surface area contributed by atoms with Crippen LogP contribution in [0, 0.1) is 0 Å². The molecule has 2 heterocycles. The Morgan fingerprint density at radius 1 is 1.03 bits per heavy atom. The molecule has 0 atom stereocenters. The maximum Gasteiger partial charge on any atom is 0.416 e. The van der Waals surface area contributed by atoms with Crippen molar-refractivity contribution in [2.75, 3.05) is 12.3 Å². The number of ether oxygens (including phenoxy) is 1. The molecule has 0 N–H and O–H groups in total. The average molecular weight is 420 g/mol. The highest BCUT2D eigenvalue weighted by Crippen LogP contribution is 2.33. The molecule has 0 saturated carbocycles. The molecule has 5 nitrogen and oxygen atoms in total. The Balaban J connectivity index is 1.55. The molecule has 150 valence electrons. The van der Waals surface area contributed by atoms with Crippen LogP contribution in [0.1, 0.15) is 11.1 Å². The molecule has 9 heteroatoms. The Bertz CT molecular complexity index is 1130. The number of benzene rings is 2. The van der Waals surface area contributed by atoms with Crippen molar-refractivity contribution in [3.8, 4) is 11.5 Å². The normalized spacial score (nSPS) is 18.0.